The molecule has 0 unspecified atom stereocenters. The lowest BCUT2D eigenvalue weighted by Crippen LogP contribution is -2.41. The van der Waals surface area contributed by atoms with Crippen LogP contribution in [-0.2, 0) is 4.74 Å². The van der Waals surface area contributed by atoms with Crippen LogP contribution < -0.4 is 4.74 Å². The molecule has 0 radical (unpaired) electrons. The second kappa shape index (κ2) is 7.05. The molecule has 0 N–H and O–H groups in total. The van der Waals surface area contributed by atoms with Crippen LogP contribution in [0.5, 0.6) is 5.75 Å². The van der Waals surface area contributed by atoms with Crippen molar-refractivity contribution in [3.63, 3.8) is 0 Å². The van der Waals surface area contributed by atoms with Crippen LogP contribution in [0.2, 0.25) is 0 Å². The number of ether oxygens (including phenoxy) is 2. The van der Waals surface area contributed by atoms with E-state index in [2.05, 4.69) is 0 Å². The van der Waals surface area contributed by atoms with Crippen LogP contribution in [0.4, 0.5) is 10.5 Å². The molecule has 0 atom stereocenters. The van der Waals surface area contributed by atoms with Crippen molar-refractivity contribution < 1.29 is 24.0 Å². The van der Waals surface area contributed by atoms with Gasteiger partial charge in [0.1, 0.15) is 5.75 Å². The van der Waals surface area contributed by atoms with E-state index in [0.29, 0.717) is 26.3 Å². The van der Waals surface area contributed by atoms with Crippen molar-refractivity contribution in [3.05, 3.63) is 33.9 Å². The predicted octanol–water partition coefficient (Wildman–Crippen LogP) is 1.13. The van der Waals surface area contributed by atoms with Gasteiger partial charge in [0, 0.05) is 39.3 Å². The molecule has 1 fully saturated rings. The molecule has 2 amide bonds. The average Bonchev–Trinajstić information content (AvgIpc) is 2.55. The maximum Gasteiger partial charge on any atom is 0.414 e. The second-order valence-corrected chi connectivity index (χ2v) is 5.10. The maximum absolute atomic E-state index is 12.6. The third-order valence-electron chi connectivity index (χ3n) is 3.27. The number of nitrogens with zero attached hydrogens (tertiary/aromatic N) is 3. The van der Waals surface area contributed by atoms with Crippen molar-refractivity contribution in [2.75, 3.05) is 40.4 Å². The van der Waals surface area contributed by atoms with Crippen molar-refractivity contribution in [2.24, 2.45) is 0 Å². The Labute approximate surface area is 132 Å². The van der Waals surface area contributed by atoms with Gasteiger partial charge in [0.2, 0.25) is 0 Å². The maximum atomic E-state index is 12.6. The van der Waals surface area contributed by atoms with Crippen LogP contribution in [-0.4, -0.2) is 67.1 Å². The topological polar surface area (TPSA) is 102 Å². The number of nitro benzene ring substituents is 1. The lowest BCUT2D eigenvalue weighted by molar-refractivity contribution is -0.384. The highest BCUT2D eigenvalue weighted by atomic mass is 16.6. The Kier molecular flexibility index (Phi) is 5.12. The predicted molar refractivity (Wildman–Crippen MR) is 79.5 cm³/mol. The Morgan fingerprint density at radius 1 is 1.30 bits per heavy atom. The lowest BCUT2D eigenvalue weighted by Gasteiger charge is -2.27. The van der Waals surface area contributed by atoms with Crippen molar-refractivity contribution >= 4 is 17.7 Å². The molecule has 1 aromatic rings. The molecule has 0 saturated carbocycles. The normalized spacial score (nSPS) is 14.3. The summed E-state index contributed by atoms with van der Waals surface area (Å²) in [5.74, 6) is -0.440. The zero-order chi connectivity index (χ0) is 17.0. The van der Waals surface area contributed by atoms with Gasteiger partial charge in [-0.25, -0.2) is 4.79 Å². The summed E-state index contributed by atoms with van der Waals surface area (Å²) in [6.07, 6.45) is -0.671. The quantitative estimate of drug-likeness (QED) is 0.610. The van der Waals surface area contributed by atoms with E-state index in [9.17, 15) is 19.7 Å². The van der Waals surface area contributed by atoms with Crippen molar-refractivity contribution in [3.8, 4) is 5.75 Å². The monoisotopic (exact) mass is 323 g/mol. The number of benzene rings is 1. The number of carbonyl (C=O) groups excluding carboxylic acids is 2. The largest absolute Gasteiger partial charge is 0.414 e. The Morgan fingerprint density at radius 3 is 2.52 bits per heavy atom. The highest BCUT2D eigenvalue weighted by Gasteiger charge is 2.25. The van der Waals surface area contributed by atoms with E-state index in [1.165, 1.54) is 36.0 Å². The third-order valence-corrected chi connectivity index (χ3v) is 3.27. The molecule has 1 heterocycles. The van der Waals surface area contributed by atoms with Crippen molar-refractivity contribution in [2.45, 2.75) is 0 Å². The average molecular weight is 323 g/mol. The zero-order valence-electron chi connectivity index (χ0n) is 12.9. The Bertz CT molecular complexity index is 625. The molecule has 0 spiro atoms. The van der Waals surface area contributed by atoms with Crippen LogP contribution in [0.1, 0.15) is 10.4 Å². The molecule has 1 aromatic carbocycles. The summed E-state index contributed by atoms with van der Waals surface area (Å²) in [4.78, 5) is 37.3. The second-order valence-electron chi connectivity index (χ2n) is 5.10. The minimum atomic E-state index is -0.671. The molecule has 0 aromatic heterocycles. The fraction of sp³-hybridized carbons (Fsp3) is 0.429. The molecular weight excluding hydrogens is 306 g/mol. The van der Waals surface area contributed by atoms with Crippen LogP contribution in [0, 0.1) is 10.1 Å². The molecule has 1 aliphatic heterocycles. The summed E-state index contributed by atoms with van der Waals surface area (Å²) in [5, 5.41) is 10.9. The highest BCUT2D eigenvalue weighted by molar-refractivity contribution is 5.98. The van der Waals surface area contributed by atoms with Gasteiger partial charge < -0.3 is 19.3 Å². The smallest absolute Gasteiger partial charge is 0.409 e. The van der Waals surface area contributed by atoms with E-state index >= 15 is 0 Å². The Balaban J connectivity index is 2.35. The minimum Gasteiger partial charge on any atom is -0.409 e. The van der Waals surface area contributed by atoms with Crippen LogP contribution in [0.3, 0.4) is 0 Å². The van der Waals surface area contributed by atoms with Crippen LogP contribution in [0.25, 0.3) is 0 Å². The molecule has 2 rings (SSSR count). The van der Waals surface area contributed by atoms with Crippen molar-refractivity contribution in [1.82, 2.24) is 9.80 Å². The number of non-ortho nitro benzene ring substituents is 1. The highest BCUT2D eigenvalue weighted by Crippen LogP contribution is 2.26. The first-order chi connectivity index (χ1) is 10.9. The molecular formula is C14H17N3O6. The van der Waals surface area contributed by atoms with Gasteiger partial charge in [-0.1, -0.05) is 0 Å². The van der Waals surface area contributed by atoms with E-state index in [1.54, 1.807) is 0 Å². The first kappa shape index (κ1) is 16.7. The van der Waals surface area contributed by atoms with Gasteiger partial charge in [0.05, 0.1) is 23.7 Å². The number of amides is 2. The van der Waals surface area contributed by atoms with Gasteiger partial charge >= 0.3 is 6.09 Å². The van der Waals surface area contributed by atoms with Gasteiger partial charge in [-0.2, -0.15) is 0 Å². The summed E-state index contributed by atoms with van der Waals surface area (Å²) < 4.78 is 10.3. The number of nitro groups is 1. The van der Waals surface area contributed by atoms with Gasteiger partial charge in [-0.05, 0) is 6.07 Å². The van der Waals surface area contributed by atoms with Gasteiger partial charge in [0.25, 0.3) is 11.6 Å². The Hall–Kier alpha value is -2.68. The summed E-state index contributed by atoms with van der Waals surface area (Å²) in [6.45, 7) is 1.55. The molecule has 1 saturated heterocycles. The van der Waals surface area contributed by atoms with E-state index < -0.39 is 16.9 Å². The zero-order valence-corrected chi connectivity index (χ0v) is 12.9. The Morgan fingerprint density at radius 2 is 1.96 bits per heavy atom. The first-order valence-corrected chi connectivity index (χ1v) is 6.94. The van der Waals surface area contributed by atoms with E-state index in [1.807, 2.05) is 0 Å². The molecule has 9 heteroatoms. The van der Waals surface area contributed by atoms with Gasteiger partial charge in [0.15, 0.2) is 0 Å². The van der Waals surface area contributed by atoms with E-state index in [-0.39, 0.29) is 17.0 Å². The van der Waals surface area contributed by atoms with E-state index in [0.717, 1.165) is 6.07 Å². The molecule has 1 aliphatic rings. The fourth-order valence-corrected chi connectivity index (χ4v) is 2.01. The SMILES string of the molecule is CN(C)C(=O)Oc1ccc([N+](=O)[O-])cc1C(=O)N1CCOCC1. The summed E-state index contributed by atoms with van der Waals surface area (Å²) in [5.41, 5.74) is -0.262. The minimum absolute atomic E-state index is 0.00853. The molecule has 9 nitrogen and oxygen atoms in total. The third kappa shape index (κ3) is 3.95. The first-order valence-electron chi connectivity index (χ1n) is 6.94. The van der Waals surface area contributed by atoms with Gasteiger partial charge in [-0.15, -0.1) is 0 Å². The number of hydrogen-bond acceptors (Lipinski definition) is 6. The lowest BCUT2D eigenvalue weighted by atomic mass is 10.1. The summed E-state index contributed by atoms with van der Waals surface area (Å²) >= 11 is 0. The molecule has 124 valence electrons. The van der Waals surface area contributed by atoms with Crippen LogP contribution in [0.15, 0.2) is 18.2 Å². The van der Waals surface area contributed by atoms with E-state index in [4.69, 9.17) is 9.47 Å². The fourth-order valence-electron chi connectivity index (χ4n) is 2.01. The number of morpholine rings is 1. The number of carbonyl (C=O) groups is 2. The van der Waals surface area contributed by atoms with Gasteiger partial charge in [-0.3, -0.25) is 14.9 Å². The number of rotatable bonds is 3. The summed E-state index contributed by atoms with van der Waals surface area (Å²) in [6, 6.07) is 3.57. The molecule has 23 heavy (non-hydrogen) atoms. The van der Waals surface area contributed by atoms with Crippen molar-refractivity contribution in [1.29, 1.82) is 0 Å². The standard InChI is InChI=1S/C14H17N3O6/c1-15(2)14(19)23-12-4-3-10(17(20)21)9-11(12)13(18)16-5-7-22-8-6-16/h3-4,9H,5-8H2,1-2H3. The molecule has 0 aliphatic carbocycles. The van der Waals surface area contributed by atoms with Crippen LogP contribution >= 0.6 is 0 Å². The molecule has 0 bridgehead atoms. The number of hydrogen-bond donors (Lipinski definition) is 0. The summed E-state index contributed by atoms with van der Waals surface area (Å²) in [7, 11) is 2.99.